The van der Waals surface area contributed by atoms with E-state index in [2.05, 4.69) is 11.4 Å². The molecule has 18 heavy (non-hydrogen) atoms. The van der Waals surface area contributed by atoms with E-state index in [9.17, 15) is 4.79 Å². The third-order valence-electron chi connectivity index (χ3n) is 2.93. The van der Waals surface area contributed by atoms with Crippen LogP contribution in [-0.4, -0.2) is 29.7 Å². The van der Waals surface area contributed by atoms with Gasteiger partial charge in [0.1, 0.15) is 5.60 Å². The first-order chi connectivity index (χ1) is 8.42. The molecule has 1 aromatic rings. The van der Waals surface area contributed by atoms with E-state index in [1.807, 2.05) is 20.8 Å². The minimum Gasteiger partial charge on any atom is -0.444 e. The number of nitrogens with zero attached hydrogens (tertiary/aromatic N) is 1. The van der Waals surface area contributed by atoms with Crippen LogP contribution in [-0.2, 0) is 11.2 Å². The molecule has 1 amide bonds. The van der Waals surface area contributed by atoms with Crippen molar-refractivity contribution in [3.05, 3.63) is 21.9 Å². The summed E-state index contributed by atoms with van der Waals surface area (Å²) in [5, 5.41) is 2.06. The molecule has 2 rings (SSSR count). The average Bonchev–Trinajstić information content (AvgIpc) is 2.72. The van der Waals surface area contributed by atoms with E-state index in [1.165, 1.54) is 10.4 Å². The monoisotopic (exact) mass is 268 g/mol. The second-order valence-electron chi connectivity index (χ2n) is 5.49. The maximum absolute atomic E-state index is 12.2. The predicted octanol–water partition coefficient (Wildman–Crippen LogP) is 2.54. The van der Waals surface area contributed by atoms with Crippen LogP contribution in [0.1, 0.15) is 37.3 Å². The first-order valence-corrected chi connectivity index (χ1v) is 7.06. The molecule has 0 radical (unpaired) electrons. The van der Waals surface area contributed by atoms with Crippen LogP contribution < -0.4 is 5.73 Å². The zero-order valence-electron chi connectivity index (χ0n) is 11.1. The van der Waals surface area contributed by atoms with Gasteiger partial charge in [-0.2, -0.15) is 0 Å². The summed E-state index contributed by atoms with van der Waals surface area (Å²) in [4.78, 5) is 15.1. The highest BCUT2D eigenvalue weighted by Gasteiger charge is 2.33. The maximum Gasteiger partial charge on any atom is 0.410 e. The van der Waals surface area contributed by atoms with Crippen LogP contribution in [0.5, 0.6) is 0 Å². The first kappa shape index (κ1) is 13.4. The Morgan fingerprint density at radius 1 is 1.61 bits per heavy atom. The number of fused-ring (bicyclic) bond motifs is 1. The largest absolute Gasteiger partial charge is 0.444 e. The lowest BCUT2D eigenvalue weighted by atomic mass is 10.0. The number of nitrogens with two attached hydrogens (primary N) is 1. The second-order valence-corrected chi connectivity index (χ2v) is 6.43. The van der Waals surface area contributed by atoms with Gasteiger partial charge in [0, 0.05) is 18.0 Å². The zero-order chi connectivity index (χ0) is 13.3. The van der Waals surface area contributed by atoms with Gasteiger partial charge in [-0.15, -0.1) is 11.3 Å². The van der Waals surface area contributed by atoms with E-state index in [1.54, 1.807) is 16.2 Å². The van der Waals surface area contributed by atoms with Crippen LogP contribution in [0.2, 0.25) is 0 Å². The lowest BCUT2D eigenvalue weighted by Gasteiger charge is -2.36. The van der Waals surface area contributed by atoms with Gasteiger partial charge in [-0.1, -0.05) is 0 Å². The van der Waals surface area contributed by atoms with Gasteiger partial charge in [-0.3, -0.25) is 4.90 Å². The van der Waals surface area contributed by atoms with Crippen molar-refractivity contribution in [2.24, 2.45) is 5.73 Å². The fraction of sp³-hybridized carbons (Fsp3) is 0.615. The molecule has 0 bridgehead atoms. The second kappa shape index (κ2) is 4.90. The van der Waals surface area contributed by atoms with Crippen LogP contribution in [0.4, 0.5) is 4.79 Å². The standard InChI is InChI=1S/C13H20N2O2S/c1-13(2,3)17-12(16)15-6-4-9-5-7-18-11(9)10(15)8-14/h5,7,10H,4,6,8,14H2,1-3H3. The first-order valence-electron chi connectivity index (χ1n) is 6.18. The molecule has 100 valence electrons. The highest BCUT2D eigenvalue weighted by atomic mass is 32.1. The number of thiophene rings is 1. The van der Waals surface area contributed by atoms with Crippen molar-refractivity contribution in [2.75, 3.05) is 13.1 Å². The smallest absolute Gasteiger partial charge is 0.410 e. The predicted molar refractivity (Wildman–Crippen MR) is 72.8 cm³/mol. The van der Waals surface area contributed by atoms with Crippen LogP contribution in [0.15, 0.2) is 11.4 Å². The molecule has 1 atom stereocenters. The highest BCUT2D eigenvalue weighted by molar-refractivity contribution is 7.10. The molecule has 1 aliphatic heterocycles. The number of hydrogen-bond acceptors (Lipinski definition) is 4. The summed E-state index contributed by atoms with van der Waals surface area (Å²) < 4.78 is 5.44. The summed E-state index contributed by atoms with van der Waals surface area (Å²) in [6.07, 6.45) is 0.617. The minimum atomic E-state index is -0.466. The molecular formula is C13H20N2O2S. The Hall–Kier alpha value is -1.07. The topological polar surface area (TPSA) is 55.6 Å². The molecule has 0 saturated heterocycles. The third kappa shape index (κ3) is 2.67. The van der Waals surface area contributed by atoms with Crippen LogP contribution in [0.25, 0.3) is 0 Å². The Morgan fingerprint density at radius 2 is 2.33 bits per heavy atom. The van der Waals surface area contributed by atoms with Gasteiger partial charge in [-0.05, 0) is 44.2 Å². The lowest BCUT2D eigenvalue weighted by Crippen LogP contribution is -2.44. The Kier molecular flexibility index (Phi) is 3.64. The van der Waals surface area contributed by atoms with E-state index in [0.717, 1.165) is 6.42 Å². The molecule has 0 spiro atoms. The van der Waals surface area contributed by atoms with Gasteiger partial charge in [-0.25, -0.2) is 4.79 Å². The summed E-state index contributed by atoms with van der Waals surface area (Å²) in [6.45, 7) is 6.75. The van der Waals surface area contributed by atoms with Crippen molar-refractivity contribution < 1.29 is 9.53 Å². The molecule has 1 aromatic heterocycles. The molecule has 2 N–H and O–H groups in total. The highest BCUT2D eigenvalue weighted by Crippen LogP contribution is 2.34. The molecule has 0 saturated carbocycles. The minimum absolute atomic E-state index is 0.0383. The van der Waals surface area contributed by atoms with Crippen molar-refractivity contribution in [3.63, 3.8) is 0 Å². The van der Waals surface area contributed by atoms with Crippen molar-refractivity contribution in [2.45, 2.75) is 38.8 Å². The van der Waals surface area contributed by atoms with E-state index >= 15 is 0 Å². The van der Waals surface area contributed by atoms with Gasteiger partial charge in [0.15, 0.2) is 0 Å². The van der Waals surface area contributed by atoms with E-state index in [0.29, 0.717) is 13.1 Å². The number of carbonyl (C=O) groups is 1. The summed E-state index contributed by atoms with van der Waals surface area (Å²) in [6, 6.07) is 2.08. The number of amides is 1. The van der Waals surface area contributed by atoms with Gasteiger partial charge >= 0.3 is 6.09 Å². The van der Waals surface area contributed by atoms with E-state index in [-0.39, 0.29) is 12.1 Å². The summed E-state index contributed by atoms with van der Waals surface area (Å²) in [5.41, 5.74) is 6.68. The molecule has 1 unspecified atom stereocenters. The zero-order valence-corrected chi connectivity index (χ0v) is 11.9. The van der Waals surface area contributed by atoms with Crippen LogP contribution >= 0.6 is 11.3 Å². The van der Waals surface area contributed by atoms with Gasteiger partial charge in [0.05, 0.1) is 6.04 Å². The molecule has 5 heteroatoms. The molecule has 2 heterocycles. The number of rotatable bonds is 1. The van der Waals surface area contributed by atoms with Crippen molar-refractivity contribution in [1.82, 2.24) is 4.90 Å². The third-order valence-corrected chi connectivity index (χ3v) is 3.99. The quantitative estimate of drug-likeness (QED) is 0.851. The molecule has 1 aliphatic rings. The van der Waals surface area contributed by atoms with E-state index in [4.69, 9.17) is 10.5 Å². The van der Waals surface area contributed by atoms with Crippen LogP contribution in [0.3, 0.4) is 0 Å². The summed E-state index contributed by atoms with van der Waals surface area (Å²) in [5.74, 6) is 0. The normalized spacial score (nSPS) is 19.6. The van der Waals surface area contributed by atoms with Crippen molar-refractivity contribution in [3.8, 4) is 0 Å². The Bertz CT molecular complexity index is 436. The van der Waals surface area contributed by atoms with Crippen molar-refractivity contribution in [1.29, 1.82) is 0 Å². The fourth-order valence-electron chi connectivity index (χ4n) is 2.16. The average molecular weight is 268 g/mol. The number of hydrogen-bond donors (Lipinski definition) is 1. The molecular weight excluding hydrogens is 248 g/mol. The van der Waals surface area contributed by atoms with Crippen LogP contribution in [0, 0.1) is 0 Å². The SMILES string of the molecule is CC(C)(C)OC(=O)N1CCc2ccsc2C1CN. The lowest BCUT2D eigenvalue weighted by molar-refractivity contribution is 0.0154. The van der Waals surface area contributed by atoms with Gasteiger partial charge < -0.3 is 10.5 Å². The van der Waals surface area contributed by atoms with E-state index < -0.39 is 5.60 Å². The Morgan fingerprint density at radius 3 is 2.94 bits per heavy atom. The molecule has 0 aromatic carbocycles. The fourth-order valence-corrected chi connectivity index (χ4v) is 3.24. The van der Waals surface area contributed by atoms with Crippen molar-refractivity contribution >= 4 is 17.4 Å². The summed E-state index contributed by atoms with van der Waals surface area (Å²) in [7, 11) is 0. The Labute approximate surface area is 112 Å². The van der Waals surface area contributed by atoms with Gasteiger partial charge in [0.25, 0.3) is 0 Å². The Balaban J connectivity index is 2.17. The summed E-state index contributed by atoms with van der Waals surface area (Å²) >= 11 is 1.67. The maximum atomic E-state index is 12.2. The number of ether oxygens (including phenoxy) is 1. The molecule has 0 fully saturated rings. The van der Waals surface area contributed by atoms with Gasteiger partial charge in [0.2, 0.25) is 0 Å². The number of carbonyl (C=O) groups excluding carboxylic acids is 1. The molecule has 4 nitrogen and oxygen atoms in total. The molecule has 0 aliphatic carbocycles.